The Hall–Kier alpha value is -8.30. The van der Waals surface area contributed by atoms with E-state index in [9.17, 15) is 33.9 Å². The van der Waals surface area contributed by atoms with Gasteiger partial charge in [-0.25, -0.2) is 34.4 Å². The molecule has 4 N–H and O–H groups in total. The third-order valence-electron chi connectivity index (χ3n) is 15.8. The van der Waals surface area contributed by atoms with Crippen LogP contribution < -0.4 is 29.1 Å². The van der Waals surface area contributed by atoms with Crippen LogP contribution in [0.15, 0.2) is 73.6 Å². The summed E-state index contributed by atoms with van der Waals surface area (Å²) in [6, 6.07) is 11.4. The molecular formula is C56H59LiN14O10. The molecular weight excluding hydrogens is 1040 g/mol. The van der Waals surface area contributed by atoms with Gasteiger partial charge in [-0.05, 0) is 98.6 Å². The molecule has 10 heterocycles. The Morgan fingerprint density at radius 3 is 1.74 bits per heavy atom. The average Bonchev–Trinajstić information content (AvgIpc) is 4.12. The van der Waals surface area contributed by atoms with Crippen LogP contribution in [0.4, 0.5) is 23.5 Å². The first-order valence-electron chi connectivity index (χ1n) is 26.6. The van der Waals surface area contributed by atoms with Crippen LogP contribution in [0.5, 0.6) is 0 Å². The number of aliphatic hydroxyl groups is 1. The first-order chi connectivity index (χ1) is 38.3. The molecule has 0 bridgehead atoms. The summed E-state index contributed by atoms with van der Waals surface area (Å²) in [4.78, 5) is 113. The molecule has 0 aromatic carbocycles. The van der Waals surface area contributed by atoms with Crippen molar-refractivity contribution in [3.63, 3.8) is 0 Å². The summed E-state index contributed by atoms with van der Waals surface area (Å²) in [5.41, 5.74) is 6.50. The third-order valence-corrected chi connectivity index (χ3v) is 15.8. The van der Waals surface area contributed by atoms with E-state index in [-0.39, 0.29) is 61.8 Å². The maximum absolute atomic E-state index is 13.4. The molecule has 81 heavy (non-hydrogen) atoms. The zero-order valence-electron chi connectivity index (χ0n) is 45.4. The number of ether oxygens (including phenoxy) is 1. The molecule has 8 aromatic heterocycles. The normalized spacial score (nSPS) is 18.6. The number of aliphatic hydroxyl groups excluding tert-OH is 1. The molecule has 0 radical (unpaired) electrons. The number of hydrogen-bond acceptors (Lipinski definition) is 18. The average molecular weight is 1100 g/mol. The topological polar surface area (TPSA) is 317 Å². The Morgan fingerprint density at radius 1 is 0.654 bits per heavy atom. The van der Waals surface area contributed by atoms with Crippen molar-refractivity contribution in [3.8, 4) is 0 Å². The van der Waals surface area contributed by atoms with Crippen molar-refractivity contribution in [2.75, 3.05) is 37.0 Å². The summed E-state index contributed by atoms with van der Waals surface area (Å²) >= 11 is 0. The minimum atomic E-state index is -1.44. The summed E-state index contributed by atoms with van der Waals surface area (Å²) < 4.78 is 9.06. The number of carboxylic acids is 1. The number of rotatable bonds is 8. The molecule has 3 amide bonds. The second kappa shape index (κ2) is 24.2. The van der Waals surface area contributed by atoms with E-state index in [1.165, 1.54) is 28.7 Å². The predicted octanol–water partition coefficient (Wildman–Crippen LogP) is 3.08. The van der Waals surface area contributed by atoms with Crippen molar-refractivity contribution in [1.29, 1.82) is 0 Å². The van der Waals surface area contributed by atoms with Crippen LogP contribution in [0.2, 0.25) is 0 Å². The van der Waals surface area contributed by atoms with Gasteiger partial charge in [-0.1, -0.05) is 26.0 Å². The van der Waals surface area contributed by atoms with Gasteiger partial charge in [0.2, 0.25) is 17.7 Å². The van der Waals surface area contributed by atoms with Crippen LogP contribution in [-0.2, 0) is 59.4 Å². The van der Waals surface area contributed by atoms with E-state index in [1.807, 2.05) is 49.1 Å². The Kier molecular flexibility index (Phi) is 17.1. The Morgan fingerprint density at radius 2 is 1.19 bits per heavy atom. The maximum atomic E-state index is 13.4. The number of anilines is 4. The number of methoxy groups -OCH3 is 1. The molecule has 414 valence electrons. The summed E-state index contributed by atoms with van der Waals surface area (Å²) in [5, 5.41) is 25.6. The first kappa shape index (κ1) is 57.4. The van der Waals surface area contributed by atoms with Gasteiger partial charge in [0.15, 0.2) is 0 Å². The quantitative estimate of drug-likeness (QED) is 0.112. The van der Waals surface area contributed by atoms with Gasteiger partial charge in [0.05, 0.1) is 30.5 Å². The number of Topliss-reactive ketones (excluding diaryl/α,β-unsaturated/α-hetero) is 1. The molecule has 2 aliphatic heterocycles. The van der Waals surface area contributed by atoms with E-state index in [2.05, 4.69) is 58.0 Å². The van der Waals surface area contributed by atoms with Crippen molar-refractivity contribution >= 4 is 103 Å². The van der Waals surface area contributed by atoms with Gasteiger partial charge in [-0.2, -0.15) is 9.97 Å². The van der Waals surface area contributed by atoms with E-state index in [0.29, 0.717) is 60.0 Å². The van der Waals surface area contributed by atoms with Gasteiger partial charge >= 0.3 is 48.5 Å². The van der Waals surface area contributed by atoms with Gasteiger partial charge in [0, 0.05) is 109 Å². The summed E-state index contributed by atoms with van der Waals surface area (Å²) in [5.74, 6) is -3.55. The fourth-order valence-electron chi connectivity index (χ4n) is 11.5. The van der Waals surface area contributed by atoms with Gasteiger partial charge in [0.25, 0.3) is 0 Å². The maximum Gasteiger partial charge on any atom is 1.00 e. The predicted molar refractivity (Wildman–Crippen MR) is 290 cm³/mol. The molecule has 2 saturated carbocycles. The molecule has 2 aliphatic carbocycles. The Labute approximate surface area is 475 Å². The minimum Gasteiger partial charge on any atom is -0.870 e. The summed E-state index contributed by atoms with van der Waals surface area (Å²) in [6.07, 6.45) is 20.3. The molecule has 25 heteroatoms. The van der Waals surface area contributed by atoms with Crippen molar-refractivity contribution in [3.05, 3.63) is 96.1 Å². The fraction of sp³-hybridized carbons (Fsp3) is 0.393. The van der Waals surface area contributed by atoms with E-state index < -0.39 is 42.1 Å². The second-order valence-corrected chi connectivity index (χ2v) is 20.9. The molecule has 24 nitrogen and oxygen atoms in total. The van der Waals surface area contributed by atoms with Gasteiger partial charge in [0.1, 0.15) is 29.5 Å². The molecule has 0 atom stereocenters. The number of carbonyl (C=O) groups excluding carboxylic acids is 5. The van der Waals surface area contributed by atoms with Crippen molar-refractivity contribution in [2.45, 2.75) is 103 Å². The number of amides is 3. The van der Waals surface area contributed by atoms with Gasteiger partial charge in [-0.3, -0.25) is 29.1 Å². The van der Waals surface area contributed by atoms with E-state index >= 15 is 0 Å². The standard InChI is InChI=1S/C30H31N7O6.C26H27N7O3.Li.H2O/c1-17-3-6-19(7-4-17)36-23-14-31-11-9-20(23)21-13-32-30(34-26(21)36)37(27(40)24(39)16-38)25-8-5-18-15-35(12-10-22(18)33-25)28(41)29(42)43-2;1-15-2-5-17(6-3-15)33-21-13-27-10-8-18(21)19-12-28-26(31-23(19)33)30-22-7-4-16-14-32(24(34)25(35)36)11-9-20(16)29-22;;/h5,8-9,11,13-14,17,19,38H,3-4,6-7,10,12,15-16H2,1-2H3;4,7-8,10,12-13,15,17H,2-3,5-6,9,11,14H2,1H3,(H,35,36)(H,28,29,30,31);;1H2/q;;+1;/p-1. The smallest absolute Gasteiger partial charge is 0.870 e. The van der Waals surface area contributed by atoms with Crippen LogP contribution in [0.25, 0.3) is 43.9 Å². The van der Waals surface area contributed by atoms with Crippen LogP contribution in [-0.4, -0.2) is 137 Å². The zero-order valence-corrected chi connectivity index (χ0v) is 45.4. The summed E-state index contributed by atoms with van der Waals surface area (Å²) in [7, 11) is 1.15. The molecule has 0 saturated heterocycles. The second-order valence-electron chi connectivity index (χ2n) is 20.9. The fourth-order valence-corrected chi connectivity index (χ4v) is 11.5. The van der Waals surface area contributed by atoms with Gasteiger partial charge in [-0.15, -0.1) is 0 Å². The van der Waals surface area contributed by atoms with E-state index in [1.54, 1.807) is 18.5 Å². The number of pyridine rings is 4. The monoisotopic (exact) mass is 1090 g/mol. The number of nitrogens with zero attached hydrogens (tertiary/aromatic N) is 13. The Balaban J connectivity index is 0.000000194. The largest absolute Gasteiger partial charge is 1.00 e. The molecule has 4 aliphatic rings. The van der Waals surface area contributed by atoms with Crippen molar-refractivity contribution in [1.82, 2.24) is 58.8 Å². The number of nitrogens with one attached hydrogen (secondary N) is 1. The molecule has 2 fully saturated rings. The molecule has 0 unspecified atom stereocenters. The van der Waals surface area contributed by atoms with Crippen molar-refractivity contribution in [2.24, 2.45) is 11.8 Å². The SMILES string of the molecule is CC1CCC(n2c3cnccc3c3cnc(Nc4ccc5c(n4)CCN(C(=O)C(=O)O)C5)nc32)CC1.COC(=O)C(=O)N1CCc2nc(N(C(=O)C(=O)CO)c3ncc4c5ccncc5n(C5CCC(C)CC5)c4n3)ccc2C1.[Li+].[OH-]. The number of carboxylic acid groups (broad SMARTS) is 1. The number of aliphatic carboxylic acids is 1. The number of carbonyl (C=O) groups is 6. The van der Waals surface area contributed by atoms with Crippen LogP contribution in [0.3, 0.4) is 0 Å². The van der Waals surface area contributed by atoms with E-state index in [0.717, 1.165) is 106 Å². The number of aromatic nitrogens is 10. The third kappa shape index (κ3) is 11.3. The van der Waals surface area contributed by atoms with Gasteiger partial charge < -0.3 is 44.7 Å². The molecule has 0 spiro atoms. The molecule has 8 aromatic rings. The molecule has 12 rings (SSSR count). The van der Waals surface area contributed by atoms with Crippen LogP contribution in [0, 0.1) is 11.8 Å². The first-order valence-corrected chi connectivity index (χ1v) is 26.6. The minimum absolute atomic E-state index is 0. The Bertz CT molecular complexity index is 3740. The van der Waals surface area contributed by atoms with Crippen LogP contribution >= 0.6 is 0 Å². The van der Waals surface area contributed by atoms with E-state index in [4.69, 9.17) is 20.1 Å². The van der Waals surface area contributed by atoms with Crippen molar-refractivity contribution < 1.29 is 68.1 Å². The number of fused-ring (bicyclic) bond motifs is 8. The zero-order chi connectivity index (χ0) is 55.1. The number of esters is 1. The summed E-state index contributed by atoms with van der Waals surface area (Å²) in [6.45, 7) is 4.51. The number of ketones is 1. The number of hydrogen-bond donors (Lipinski definition) is 3. The van der Waals surface area contributed by atoms with Crippen LogP contribution in [0.1, 0.15) is 99.8 Å².